The second kappa shape index (κ2) is 6.40. The normalized spacial score (nSPS) is 23.7. The highest BCUT2D eigenvalue weighted by atomic mass is 16.5. The molecule has 2 rings (SSSR count). The lowest BCUT2D eigenvalue weighted by Gasteiger charge is -2.36. The van der Waals surface area contributed by atoms with Crippen molar-refractivity contribution in [3.8, 4) is 5.75 Å². The van der Waals surface area contributed by atoms with Crippen molar-refractivity contribution in [2.45, 2.75) is 31.2 Å². The summed E-state index contributed by atoms with van der Waals surface area (Å²) in [4.78, 5) is 2.53. The van der Waals surface area contributed by atoms with Gasteiger partial charge in [0, 0.05) is 12.1 Å². The maximum Gasteiger partial charge on any atom is 0.122 e. The van der Waals surface area contributed by atoms with Crippen LogP contribution in [-0.4, -0.2) is 44.7 Å². The Morgan fingerprint density at radius 2 is 2.16 bits per heavy atom. The Hall–Kier alpha value is -1.06. The fourth-order valence-corrected chi connectivity index (χ4v) is 3.31. The van der Waals surface area contributed by atoms with Crippen molar-refractivity contribution in [2.24, 2.45) is 0 Å². The number of hydrogen-bond donors (Lipinski definition) is 1. The van der Waals surface area contributed by atoms with Crippen LogP contribution in [0.15, 0.2) is 24.3 Å². The third-order valence-corrected chi connectivity index (χ3v) is 4.50. The highest BCUT2D eigenvalue weighted by molar-refractivity contribution is 5.33. The van der Waals surface area contributed by atoms with Gasteiger partial charge in [-0.2, -0.15) is 0 Å². The fraction of sp³-hybridized carbons (Fsp3) is 0.625. The number of ether oxygens (including phenoxy) is 1. The van der Waals surface area contributed by atoms with Crippen molar-refractivity contribution in [1.82, 2.24) is 10.2 Å². The first-order chi connectivity index (χ1) is 9.22. The zero-order valence-electron chi connectivity index (χ0n) is 12.4. The highest BCUT2D eigenvalue weighted by Gasteiger charge is 2.37. The van der Waals surface area contributed by atoms with Crippen LogP contribution in [0.5, 0.6) is 5.75 Å². The molecule has 3 nitrogen and oxygen atoms in total. The number of likely N-dealkylation sites (tertiary alicyclic amines) is 1. The molecule has 3 heteroatoms. The largest absolute Gasteiger partial charge is 0.496 e. The molecule has 19 heavy (non-hydrogen) atoms. The number of aryl methyl sites for hydroxylation is 1. The first-order valence-electron chi connectivity index (χ1n) is 7.19. The molecule has 0 amide bonds. The Labute approximate surface area is 116 Å². The van der Waals surface area contributed by atoms with Crippen molar-refractivity contribution in [3.05, 3.63) is 29.8 Å². The van der Waals surface area contributed by atoms with E-state index in [1.807, 2.05) is 6.07 Å². The predicted octanol–water partition coefficient (Wildman–Crippen LogP) is 2.31. The summed E-state index contributed by atoms with van der Waals surface area (Å²) < 4.78 is 5.45. The van der Waals surface area contributed by atoms with Gasteiger partial charge >= 0.3 is 0 Å². The molecule has 1 saturated heterocycles. The number of hydrogen-bond acceptors (Lipinski definition) is 3. The molecule has 0 radical (unpaired) electrons. The fourth-order valence-electron chi connectivity index (χ4n) is 3.31. The maximum absolute atomic E-state index is 5.45. The molecule has 1 unspecified atom stereocenters. The molecule has 1 heterocycles. The lowest BCUT2D eigenvalue weighted by Crippen LogP contribution is -2.48. The van der Waals surface area contributed by atoms with Crippen molar-refractivity contribution in [2.75, 3.05) is 34.3 Å². The Bertz CT molecular complexity index is 407. The second-order valence-corrected chi connectivity index (χ2v) is 5.59. The molecule has 0 aliphatic carbocycles. The van der Waals surface area contributed by atoms with Crippen molar-refractivity contribution in [1.29, 1.82) is 0 Å². The lowest BCUT2D eigenvalue weighted by molar-refractivity contribution is 0.159. The molecule has 1 N–H and O–H groups in total. The van der Waals surface area contributed by atoms with Crippen LogP contribution < -0.4 is 10.1 Å². The van der Waals surface area contributed by atoms with Crippen molar-refractivity contribution in [3.63, 3.8) is 0 Å². The van der Waals surface area contributed by atoms with E-state index in [2.05, 4.69) is 42.5 Å². The zero-order chi connectivity index (χ0) is 13.7. The molecular weight excluding hydrogens is 236 g/mol. The summed E-state index contributed by atoms with van der Waals surface area (Å²) in [6.07, 6.45) is 4.87. The van der Waals surface area contributed by atoms with E-state index < -0.39 is 0 Å². The van der Waals surface area contributed by atoms with Crippen LogP contribution in [0, 0.1) is 0 Å². The smallest absolute Gasteiger partial charge is 0.122 e. The molecule has 106 valence electrons. The van der Waals surface area contributed by atoms with Gasteiger partial charge in [-0.1, -0.05) is 18.2 Å². The summed E-state index contributed by atoms with van der Waals surface area (Å²) in [5.74, 6) is 1.02. The van der Waals surface area contributed by atoms with Crippen LogP contribution >= 0.6 is 0 Å². The second-order valence-electron chi connectivity index (χ2n) is 5.59. The van der Waals surface area contributed by atoms with Gasteiger partial charge in [0.05, 0.1) is 7.11 Å². The van der Waals surface area contributed by atoms with E-state index in [4.69, 9.17) is 4.74 Å². The Morgan fingerprint density at radius 3 is 2.79 bits per heavy atom. The molecule has 0 aromatic heterocycles. The molecule has 0 saturated carbocycles. The number of methoxy groups -OCH3 is 1. The monoisotopic (exact) mass is 262 g/mol. The minimum atomic E-state index is 0.315. The van der Waals surface area contributed by atoms with Crippen LogP contribution in [0.25, 0.3) is 0 Å². The van der Waals surface area contributed by atoms with Gasteiger partial charge < -0.3 is 10.1 Å². The minimum Gasteiger partial charge on any atom is -0.496 e. The number of rotatable bonds is 6. The molecule has 0 bridgehead atoms. The van der Waals surface area contributed by atoms with Gasteiger partial charge in [0.1, 0.15) is 5.75 Å². The summed E-state index contributed by atoms with van der Waals surface area (Å²) in [7, 11) is 6.06. The molecule has 1 fully saturated rings. The van der Waals surface area contributed by atoms with E-state index in [1.165, 1.54) is 31.4 Å². The third kappa shape index (κ3) is 3.10. The molecule has 1 aliphatic heterocycles. The summed E-state index contributed by atoms with van der Waals surface area (Å²) >= 11 is 0. The van der Waals surface area contributed by atoms with E-state index in [0.717, 1.165) is 18.7 Å². The van der Waals surface area contributed by atoms with E-state index in [9.17, 15) is 0 Å². The van der Waals surface area contributed by atoms with Crippen LogP contribution in [0.2, 0.25) is 0 Å². The number of para-hydroxylation sites is 1. The third-order valence-electron chi connectivity index (χ3n) is 4.50. The van der Waals surface area contributed by atoms with Crippen molar-refractivity contribution >= 4 is 0 Å². The maximum atomic E-state index is 5.45. The average molecular weight is 262 g/mol. The van der Waals surface area contributed by atoms with E-state index in [1.54, 1.807) is 7.11 Å². The Kier molecular flexibility index (Phi) is 4.83. The van der Waals surface area contributed by atoms with Crippen LogP contribution in [-0.2, 0) is 6.42 Å². The van der Waals surface area contributed by atoms with Gasteiger partial charge in [0.25, 0.3) is 0 Å². The van der Waals surface area contributed by atoms with Crippen LogP contribution in [0.1, 0.15) is 24.8 Å². The van der Waals surface area contributed by atoms with Gasteiger partial charge in [-0.3, -0.25) is 4.90 Å². The summed E-state index contributed by atoms with van der Waals surface area (Å²) in [5.41, 5.74) is 1.64. The SMILES string of the molecule is CNCC1(CCc2ccccc2OC)CCCN1C. The number of benzene rings is 1. The quantitative estimate of drug-likeness (QED) is 0.851. The summed E-state index contributed by atoms with van der Waals surface area (Å²) in [6.45, 7) is 2.28. The van der Waals surface area contributed by atoms with Gasteiger partial charge in [0.2, 0.25) is 0 Å². The predicted molar refractivity (Wildman–Crippen MR) is 79.8 cm³/mol. The van der Waals surface area contributed by atoms with Gasteiger partial charge in [-0.15, -0.1) is 0 Å². The van der Waals surface area contributed by atoms with E-state index >= 15 is 0 Å². The topological polar surface area (TPSA) is 24.5 Å². The Morgan fingerprint density at radius 1 is 1.37 bits per heavy atom. The van der Waals surface area contributed by atoms with Crippen molar-refractivity contribution < 1.29 is 4.74 Å². The summed E-state index contributed by atoms with van der Waals surface area (Å²) in [5, 5.41) is 3.37. The first kappa shape index (κ1) is 14.4. The molecule has 0 spiro atoms. The van der Waals surface area contributed by atoms with Gasteiger partial charge in [-0.05, 0) is 58.0 Å². The molecular formula is C16H26N2O. The molecule has 1 aromatic rings. The highest BCUT2D eigenvalue weighted by Crippen LogP contribution is 2.33. The number of nitrogens with one attached hydrogen (secondary N) is 1. The number of nitrogens with zero attached hydrogens (tertiary/aromatic N) is 1. The molecule has 1 aromatic carbocycles. The van der Waals surface area contributed by atoms with Crippen LogP contribution in [0.4, 0.5) is 0 Å². The Balaban J connectivity index is 2.07. The zero-order valence-corrected chi connectivity index (χ0v) is 12.4. The minimum absolute atomic E-state index is 0.315. The van der Waals surface area contributed by atoms with E-state index in [0.29, 0.717) is 5.54 Å². The van der Waals surface area contributed by atoms with Gasteiger partial charge in [0.15, 0.2) is 0 Å². The summed E-state index contributed by atoms with van der Waals surface area (Å²) in [6, 6.07) is 8.37. The first-order valence-corrected chi connectivity index (χ1v) is 7.19. The van der Waals surface area contributed by atoms with Crippen LogP contribution in [0.3, 0.4) is 0 Å². The molecule has 1 aliphatic rings. The average Bonchev–Trinajstić information content (AvgIpc) is 2.79. The standard InChI is InChI=1S/C16H26N2O/c1-17-13-16(10-6-12-18(16)2)11-9-14-7-4-5-8-15(14)19-3/h4-5,7-8,17H,6,9-13H2,1-3H3. The lowest BCUT2D eigenvalue weighted by atomic mass is 9.88. The van der Waals surface area contributed by atoms with E-state index in [-0.39, 0.29) is 0 Å². The van der Waals surface area contributed by atoms with Gasteiger partial charge in [-0.25, -0.2) is 0 Å². The number of likely N-dealkylation sites (N-methyl/N-ethyl adjacent to an activating group) is 2. The molecule has 1 atom stereocenters.